The van der Waals surface area contributed by atoms with Crippen LogP contribution in [-0.2, 0) is 4.79 Å². The Morgan fingerprint density at radius 1 is 1.58 bits per heavy atom. The van der Waals surface area contributed by atoms with Gasteiger partial charge >= 0.3 is 0 Å². The number of nitrogens with zero attached hydrogens (tertiary/aromatic N) is 3. The van der Waals surface area contributed by atoms with Crippen molar-refractivity contribution in [2.75, 3.05) is 5.32 Å². The van der Waals surface area contributed by atoms with Crippen molar-refractivity contribution in [2.45, 2.75) is 18.2 Å². The Labute approximate surface area is 124 Å². The lowest BCUT2D eigenvalue weighted by molar-refractivity contribution is -0.115. The number of nitrogens with one attached hydrogen (secondary N) is 1. The summed E-state index contributed by atoms with van der Waals surface area (Å²) in [6, 6.07) is 5.20. The van der Waals surface area contributed by atoms with Gasteiger partial charge in [-0.25, -0.2) is 9.67 Å². The van der Waals surface area contributed by atoms with E-state index >= 15 is 0 Å². The van der Waals surface area contributed by atoms with E-state index in [1.807, 2.05) is 6.92 Å². The number of hydrogen-bond donors (Lipinski definition) is 1. The summed E-state index contributed by atoms with van der Waals surface area (Å²) < 4.78 is 1.57. The molecule has 0 saturated heterocycles. The molecular formula is C12H12BrClN4O. The molecule has 0 aliphatic carbocycles. The number of anilines is 1. The van der Waals surface area contributed by atoms with Crippen LogP contribution in [0.4, 0.5) is 5.69 Å². The molecule has 5 nitrogen and oxygen atoms in total. The fourth-order valence-corrected chi connectivity index (χ4v) is 1.82. The van der Waals surface area contributed by atoms with Crippen molar-refractivity contribution in [3.63, 3.8) is 0 Å². The average molecular weight is 344 g/mol. The second-order valence-electron chi connectivity index (χ2n) is 3.87. The van der Waals surface area contributed by atoms with Crippen molar-refractivity contribution in [3.8, 4) is 5.69 Å². The van der Waals surface area contributed by atoms with Gasteiger partial charge in [0.05, 0.1) is 16.2 Å². The van der Waals surface area contributed by atoms with Gasteiger partial charge in [0.25, 0.3) is 0 Å². The molecule has 0 bridgehead atoms. The number of alkyl halides is 1. The summed E-state index contributed by atoms with van der Waals surface area (Å²) in [6.07, 6.45) is 3.69. The summed E-state index contributed by atoms with van der Waals surface area (Å²) in [5.41, 5.74) is 1.31. The second-order valence-corrected chi connectivity index (χ2v) is 5.41. The molecule has 1 heterocycles. The standard InChI is InChI=1S/C12H12BrClN4O/c1-2-9(13)12(19)17-10-5-8(14)3-4-11(10)18-7-15-6-16-18/h3-7,9H,2H2,1H3,(H,17,19). The minimum Gasteiger partial charge on any atom is -0.323 e. The van der Waals surface area contributed by atoms with E-state index in [0.29, 0.717) is 22.8 Å². The van der Waals surface area contributed by atoms with Crippen LogP contribution in [0.5, 0.6) is 0 Å². The van der Waals surface area contributed by atoms with E-state index in [-0.39, 0.29) is 10.7 Å². The summed E-state index contributed by atoms with van der Waals surface area (Å²) in [5, 5.41) is 7.42. The lowest BCUT2D eigenvalue weighted by Crippen LogP contribution is -2.22. The van der Waals surface area contributed by atoms with Crippen LogP contribution in [-0.4, -0.2) is 25.5 Å². The highest BCUT2D eigenvalue weighted by molar-refractivity contribution is 9.10. The first-order valence-electron chi connectivity index (χ1n) is 5.71. The van der Waals surface area contributed by atoms with Crippen molar-refractivity contribution in [1.29, 1.82) is 0 Å². The predicted octanol–water partition coefficient (Wildman–Crippen LogP) is 3.03. The first-order valence-corrected chi connectivity index (χ1v) is 7.00. The maximum absolute atomic E-state index is 11.9. The first kappa shape index (κ1) is 14.0. The molecule has 2 aromatic rings. The van der Waals surface area contributed by atoms with Gasteiger partial charge in [0.2, 0.25) is 5.91 Å². The van der Waals surface area contributed by atoms with Gasteiger partial charge in [-0.15, -0.1) is 0 Å². The third-order valence-electron chi connectivity index (χ3n) is 2.52. The smallest absolute Gasteiger partial charge is 0.238 e. The van der Waals surface area contributed by atoms with Crippen LogP contribution in [0, 0.1) is 0 Å². The monoisotopic (exact) mass is 342 g/mol. The van der Waals surface area contributed by atoms with Crippen LogP contribution in [0.1, 0.15) is 13.3 Å². The molecule has 0 aliphatic rings. The second kappa shape index (κ2) is 6.16. The topological polar surface area (TPSA) is 59.8 Å². The van der Waals surface area contributed by atoms with Gasteiger partial charge in [-0.2, -0.15) is 5.10 Å². The maximum atomic E-state index is 11.9. The highest BCUT2D eigenvalue weighted by atomic mass is 79.9. The van der Waals surface area contributed by atoms with E-state index in [0.717, 1.165) is 0 Å². The zero-order valence-electron chi connectivity index (χ0n) is 10.2. The van der Waals surface area contributed by atoms with Crippen LogP contribution in [0.25, 0.3) is 5.69 Å². The molecule has 100 valence electrons. The van der Waals surface area contributed by atoms with Gasteiger partial charge in [-0.3, -0.25) is 4.79 Å². The van der Waals surface area contributed by atoms with Gasteiger partial charge in [-0.1, -0.05) is 34.5 Å². The van der Waals surface area contributed by atoms with Crippen molar-refractivity contribution in [3.05, 3.63) is 35.9 Å². The molecule has 1 aromatic heterocycles. The SMILES string of the molecule is CCC(Br)C(=O)Nc1cc(Cl)ccc1-n1cncn1. The number of aromatic nitrogens is 3. The third-order valence-corrected chi connectivity index (χ3v) is 3.82. The Morgan fingerprint density at radius 3 is 3.00 bits per heavy atom. The molecule has 0 radical (unpaired) electrons. The minimum absolute atomic E-state index is 0.119. The van der Waals surface area contributed by atoms with Crippen LogP contribution in [0.15, 0.2) is 30.9 Å². The quantitative estimate of drug-likeness (QED) is 0.868. The number of benzene rings is 1. The lowest BCUT2D eigenvalue weighted by Gasteiger charge is -2.13. The molecule has 1 atom stereocenters. The summed E-state index contributed by atoms with van der Waals surface area (Å²) in [5.74, 6) is -0.119. The van der Waals surface area contributed by atoms with Gasteiger partial charge < -0.3 is 5.32 Å². The maximum Gasteiger partial charge on any atom is 0.238 e. The van der Waals surface area contributed by atoms with Gasteiger partial charge in [0, 0.05) is 5.02 Å². The Balaban J connectivity index is 2.33. The number of hydrogen-bond acceptors (Lipinski definition) is 3. The van der Waals surface area contributed by atoms with Crippen LogP contribution in [0.3, 0.4) is 0 Å². The minimum atomic E-state index is -0.241. The lowest BCUT2D eigenvalue weighted by atomic mass is 10.2. The highest BCUT2D eigenvalue weighted by Crippen LogP contribution is 2.24. The molecule has 1 N–H and O–H groups in total. The van der Waals surface area contributed by atoms with Crippen molar-refractivity contribution >= 4 is 39.1 Å². The number of rotatable bonds is 4. The van der Waals surface area contributed by atoms with Crippen LogP contribution >= 0.6 is 27.5 Å². The van der Waals surface area contributed by atoms with Crippen molar-refractivity contribution < 1.29 is 4.79 Å². The molecular weight excluding hydrogens is 332 g/mol. The normalized spacial score (nSPS) is 12.2. The Bertz CT molecular complexity index is 573. The molecule has 0 aliphatic heterocycles. The summed E-state index contributed by atoms with van der Waals surface area (Å²) in [4.78, 5) is 15.6. The van der Waals surface area contributed by atoms with Crippen LogP contribution in [0.2, 0.25) is 5.02 Å². The molecule has 7 heteroatoms. The molecule has 2 rings (SSSR count). The molecule has 1 aromatic carbocycles. The molecule has 19 heavy (non-hydrogen) atoms. The van der Waals surface area contributed by atoms with E-state index in [1.165, 1.54) is 6.33 Å². The molecule has 0 spiro atoms. The Morgan fingerprint density at radius 2 is 2.37 bits per heavy atom. The van der Waals surface area contributed by atoms with Gasteiger partial charge in [0.1, 0.15) is 12.7 Å². The number of carbonyl (C=O) groups is 1. The Hall–Kier alpha value is -1.40. The van der Waals surface area contributed by atoms with Gasteiger partial charge in [0.15, 0.2) is 0 Å². The van der Waals surface area contributed by atoms with Crippen molar-refractivity contribution in [1.82, 2.24) is 14.8 Å². The van der Waals surface area contributed by atoms with Crippen LogP contribution < -0.4 is 5.32 Å². The highest BCUT2D eigenvalue weighted by Gasteiger charge is 2.15. The van der Waals surface area contributed by atoms with E-state index in [2.05, 4.69) is 31.3 Å². The van der Waals surface area contributed by atoms with Gasteiger partial charge in [-0.05, 0) is 24.6 Å². The fourth-order valence-electron chi connectivity index (χ4n) is 1.54. The molecule has 1 amide bonds. The predicted molar refractivity (Wildman–Crippen MR) is 78.0 cm³/mol. The Kier molecular flexibility index (Phi) is 4.55. The summed E-state index contributed by atoms with van der Waals surface area (Å²) in [6.45, 7) is 1.93. The van der Waals surface area contributed by atoms with E-state index in [9.17, 15) is 4.79 Å². The first-order chi connectivity index (χ1) is 9.11. The van der Waals surface area contributed by atoms with E-state index < -0.39 is 0 Å². The zero-order valence-corrected chi connectivity index (χ0v) is 12.5. The van der Waals surface area contributed by atoms with E-state index in [1.54, 1.807) is 29.2 Å². The number of carbonyl (C=O) groups excluding carboxylic acids is 1. The summed E-state index contributed by atoms with van der Waals surface area (Å²) >= 11 is 9.28. The molecule has 0 fully saturated rings. The summed E-state index contributed by atoms with van der Waals surface area (Å²) in [7, 11) is 0. The zero-order chi connectivity index (χ0) is 13.8. The van der Waals surface area contributed by atoms with Crippen molar-refractivity contribution in [2.24, 2.45) is 0 Å². The van der Waals surface area contributed by atoms with E-state index in [4.69, 9.17) is 11.6 Å². The largest absolute Gasteiger partial charge is 0.323 e. The fraction of sp³-hybridized carbons (Fsp3) is 0.250. The third kappa shape index (κ3) is 3.33. The number of amides is 1. The average Bonchev–Trinajstić information content (AvgIpc) is 2.91. The molecule has 1 unspecified atom stereocenters. The molecule has 0 saturated carbocycles. The number of halogens is 2.